The molecule has 11 heteroatoms. The third-order valence-electron chi connectivity index (χ3n) is 6.17. The Balaban J connectivity index is 2.06. The Morgan fingerprint density at radius 2 is 1.60 bits per heavy atom. The minimum atomic E-state index is -4.21. The predicted molar refractivity (Wildman–Crippen MR) is 158 cm³/mol. The lowest BCUT2D eigenvalue weighted by Gasteiger charge is -2.32. The van der Waals surface area contributed by atoms with Crippen molar-refractivity contribution in [3.63, 3.8) is 0 Å². The molecule has 3 rings (SSSR count). The van der Waals surface area contributed by atoms with Crippen LogP contribution in [0, 0.1) is 5.92 Å². The molecule has 3 aromatic carbocycles. The molecule has 0 unspecified atom stereocenters. The third-order valence-corrected chi connectivity index (χ3v) is 8.53. The summed E-state index contributed by atoms with van der Waals surface area (Å²) in [5, 5.41) is 3.59. The van der Waals surface area contributed by atoms with Gasteiger partial charge in [-0.05, 0) is 54.8 Å². The van der Waals surface area contributed by atoms with Crippen LogP contribution in [0.2, 0.25) is 10.0 Å². The van der Waals surface area contributed by atoms with E-state index in [1.807, 2.05) is 13.8 Å². The molecule has 0 fully saturated rings. The second-order valence-electron chi connectivity index (χ2n) is 9.57. The van der Waals surface area contributed by atoms with Crippen LogP contribution in [0.1, 0.15) is 26.3 Å². The summed E-state index contributed by atoms with van der Waals surface area (Å²) in [5.41, 5.74) is 0.737. The summed E-state index contributed by atoms with van der Waals surface area (Å²) in [5.74, 6) is -0.515. The summed E-state index contributed by atoms with van der Waals surface area (Å²) < 4.78 is 34.2. The van der Waals surface area contributed by atoms with Gasteiger partial charge in [0.2, 0.25) is 11.8 Å². The maximum atomic E-state index is 14.0. The molecule has 0 spiro atoms. The smallest absolute Gasteiger partial charge is 0.264 e. The fraction of sp³-hybridized carbons (Fsp3) is 0.310. The highest BCUT2D eigenvalue weighted by atomic mass is 35.5. The standard InChI is InChI=1S/C29H33Cl2N3O5S/c1-20(2)17-32-29(36)21(3)33(18-22-14-15-23(30)16-25(22)31)28(35)19-34(26-12-8-9-13-27(26)39-4)40(37,38)24-10-6-5-7-11-24/h5-16,20-21H,17-19H2,1-4H3,(H,32,36)/t21-/m0/s1. The average molecular weight is 607 g/mol. The third kappa shape index (κ3) is 7.68. The summed E-state index contributed by atoms with van der Waals surface area (Å²) in [6.45, 7) is 5.29. The molecule has 0 aliphatic heterocycles. The van der Waals surface area contributed by atoms with E-state index in [2.05, 4.69) is 5.32 Å². The van der Waals surface area contributed by atoms with Crippen molar-refractivity contribution in [3.05, 3.63) is 88.4 Å². The molecule has 40 heavy (non-hydrogen) atoms. The molecule has 0 saturated heterocycles. The van der Waals surface area contributed by atoms with Crippen molar-refractivity contribution in [3.8, 4) is 5.75 Å². The van der Waals surface area contributed by atoms with Crippen molar-refractivity contribution in [2.24, 2.45) is 5.92 Å². The molecular weight excluding hydrogens is 573 g/mol. The number of nitrogens with zero attached hydrogens (tertiary/aromatic N) is 2. The molecule has 3 aromatic rings. The Bertz CT molecular complexity index is 1430. The Morgan fingerprint density at radius 3 is 2.23 bits per heavy atom. The van der Waals surface area contributed by atoms with Crippen molar-refractivity contribution in [1.82, 2.24) is 10.2 Å². The molecule has 0 radical (unpaired) electrons. The van der Waals surface area contributed by atoms with Gasteiger partial charge >= 0.3 is 0 Å². The van der Waals surface area contributed by atoms with Gasteiger partial charge in [-0.15, -0.1) is 0 Å². The van der Waals surface area contributed by atoms with E-state index < -0.39 is 28.5 Å². The first kappa shape index (κ1) is 31.3. The normalized spacial score (nSPS) is 12.1. The molecule has 0 heterocycles. The molecule has 0 aromatic heterocycles. The largest absolute Gasteiger partial charge is 0.495 e. The molecule has 0 bridgehead atoms. The van der Waals surface area contributed by atoms with Crippen LogP contribution in [0.4, 0.5) is 5.69 Å². The van der Waals surface area contributed by atoms with Gasteiger partial charge in [0, 0.05) is 23.1 Å². The van der Waals surface area contributed by atoms with Crippen LogP contribution < -0.4 is 14.4 Å². The summed E-state index contributed by atoms with van der Waals surface area (Å²) in [6, 6.07) is 18.3. The van der Waals surface area contributed by atoms with E-state index in [9.17, 15) is 18.0 Å². The van der Waals surface area contributed by atoms with Gasteiger partial charge in [-0.1, -0.05) is 73.4 Å². The molecule has 0 saturated carbocycles. The van der Waals surface area contributed by atoms with Crippen LogP contribution in [0.5, 0.6) is 5.75 Å². The monoisotopic (exact) mass is 605 g/mol. The van der Waals surface area contributed by atoms with Crippen molar-refractivity contribution in [2.45, 2.75) is 38.3 Å². The van der Waals surface area contributed by atoms with Gasteiger partial charge < -0.3 is 15.0 Å². The van der Waals surface area contributed by atoms with Crippen LogP contribution in [-0.4, -0.2) is 51.4 Å². The zero-order valence-corrected chi connectivity index (χ0v) is 25.1. The lowest BCUT2D eigenvalue weighted by molar-refractivity contribution is -0.139. The van der Waals surface area contributed by atoms with E-state index in [1.54, 1.807) is 67.6 Å². The Labute approximate surface area is 245 Å². The van der Waals surface area contributed by atoms with Crippen LogP contribution in [-0.2, 0) is 26.2 Å². The van der Waals surface area contributed by atoms with Gasteiger partial charge in [-0.2, -0.15) is 0 Å². The summed E-state index contributed by atoms with van der Waals surface area (Å²) in [4.78, 5) is 28.4. The summed E-state index contributed by atoms with van der Waals surface area (Å²) in [7, 11) is -2.79. The number of halogens is 2. The van der Waals surface area contributed by atoms with Gasteiger partial charge in [0.1, 0.15) is 18.3 Å². The lowest BCUT2D eigenvalue weighted by atomic mass is 10.1. The van der Waals surface area contributed by atoms with E-state index in [0.29, 0.717) is 22.2 Å². The minimum absolute atomic E-state index is 0.00345. The molecule has 0 aliphatic rings. The van der Waals surface area contributed by atoms with Gasteiger partial charge in [0.25, 0.3) is 10.0 Å². The first-order chi connectivity index (χ1) is 18.9. The van der Waals surface area contributed by atoms with Gasteiger partial charge in [0.05, 0.1) is 17.7 Å². The molecule has 214 valence electrons. The van der Waals surface area contributed by atoms with E-state index in [-0.39, 0.29) is 34.7 Å². The van der Waals surface area contributed by atoms with Crippen LogP contribution >= 0.6 is 23.2 Å². The quantitative estimate of drug-likeness (QED) is 0.299. The van der Waals surface area contributed by atoms with Gasteiger partial charge in [-0.3, -0.25) is 13.9 Å². The SMILES string of the molecule is COc1ccccc1N(CC(=O)N(Cc1ccc(Cl)cc1Cl)[C@@H](C)C(=O)NCC(C)C)S(=O)(=O)c1ccccc1. The van der Waals surface area contributed by atoms with Crippen LogP contribution in [0.3, 0.4) is 0 Å². The number of anilines is 1. The molecule has 1 atom stereocenters. The van der Waals surface area contributed by atoms with Crippen LogP contribution in [0.15, 0.2) is 77.7 Å². The highest BCUT2D eigenvalue weighted by molar-refractivity contribution is 7.92. The van der Waals surface area contributed by atoms with E-state index in [0.717, 1.165) is 4.31 Å². The number of methoxy groups -OCH3 is 1. The van der Waals surface area contributed by atoms with Gasteiger partial charge in [-0.25, -0.2) is 8.42 Å². The fourth-order valence-electron chi connectivity index (χ4n) is 3.94. The molecule has 8 nitrogen and oxygen atoms in total. The van der Waals surface area contributed by atoms with Crippen molar-refractivity contribution < 1.29 is 22.7 Å². The zero-order valence-electron chi connectivity index (χ0n) is 22.8. The Kier molecular flexibility index (Phi) is 10.8. The summed E-state index contributed by atoms with van der Waals surface area (Å²) in [6.07, 6.45) is 0. The molecule has 0 aliphatic carbocycles. The number of amides is 2. The van der Waals surface area contributed by atoms with Crippen molar-refractivity contribution in [1.29, 1.82) is 0 Å². The first-order valence-corrected chi connectivity index (χ1v) is 14.9. The number of benzene rings is 3. The van der Waals surface area contributed by atoms with E-state index >= 15 is 0 Å². The highest BCUT2D eigenvalue weighted by Crippen LogP contribution is 2.32. The van der Waals surface area contributed by atoms with Gasteiger partial charge in [0.15, 0.2) is 0 Å². The number of carbonyl (C=O) groups is 2. The molecule has 2 amide bonds. The average Bonchev–Trinajstić information content (AvgIpc) is 2.94. The maximum absolute atomic E-state index is 14.0. The fourth-order valence-corrected chi connectivity index (χ4v) is 5.85. The number of hydrogen-bond acceptors (Lipinski definition) is 5. The lowest BCUT2D eigenvalue weighted by Crippen LogP contribution is -2.51. The number of hydrogen-bond donors (Lipinski definition) is 1. The number of ether oxygens (including phenoxy) is 1. The maximum Gasteiger partial charge on any atom is 0.264 e. The predicted octanol–water partition coefficient (Wildman–Crippen LogP) is 5.39. The second kappa shape index (κ2) is 13.9. The number of carbonyl (C=O) groups excluding carboxylic acids is 2. The van der Waals surface area contributed by atoms with Crippen molar-refractivity contribution >= 4 is 50.7 Å². The Hall–Kier alpha value is -3.27. The van der Waals surface area contributed by atoms with E-state index in [1.165, 1.54) is 24.1 Å². The van der Waals surface area contributed by atoms with E-state index in [4.69, 9.17) is 27.9 Å². The second-order valence-corrected chi connectivity index (χ2v) is 12.3. The molecule has 1 N–H and O–H groups in total. The highest BCUT2D eigenvalue weighted by Gasteiger charge is 2.34. The number of para-hydroxylation sites is 2. The topological polar surface area (TPSA) is 96.0 Å². The minimum Gasteiger partial charge on any atom is -0.495 e. The van der Waals surface area contributed by atoms with Crippen LogP contribution in [0.25, 0.3) is 0 Å². The zero-order chi connectivity index (χ0) is 29.4. The first-order valence-electron chi connectivity index (χ1n) is 12.7. The van der Waals surface area contributed by atoms with Crippen molar-refractivity contribution in [2.75, 3.05) is 24.5 Å². The Morgan fingerprint density at radius 1 is 0.950 bits per heavy atom. The molecular formula is C29H33Cl2N3O5S. The number of nitrogens with one attached hydrogen (secondary N) is 1. The number of rotatable bonds is 12. The number of sulfonamides is 1. The summed E-state index contributed by atoms with van der Waals surface area (Å²) >= 11 is 12.5.